The van der Waals surface area contributed by atoms with Gasteiger partial charge in [-0.1, -0.05) is 25.6 Å². The molecule has 21 heavy (non-hydrogen) atoms. The number of thioether (sulfide) groups is 2. The second kappa shape index (κ2) is 10.6. The third-order valence-electron chi connectivity index (χ3n) is 2.56. The van der Waals surface area contributed by atoms with E-state index in [4.69, 9.17) is 5.53 Å². The van der Waals surface area contributed by atoms with E-state index in [0.29, 0.717) is 0 Å². The smallest absolute Gasteiger partial charge is 0.323 e. The van der Waals surface area contributed by atoms with Gasteiger partial charge >= 0.3 is 6.21 Å². The first-order chi connectivity index (χ1) is 9.81. The second-order valence-corrected chi connectivity index (χ2v) is 7.43. The molecule has 118 valence electrons. The van der Waals surface area contributed by atoms with Gasteiger partial charge in [0.1, 0.15) is 0 Å². The van der Waals surface area contributed by atoms with Gasteiger partial charge in [0.15, 0.2) is 0 Å². The molecule has 6 nitrogen and oxygen atoms in total. The molecule has 0 spiro atoms. The quantitative estimate of drug-likeness (QED) is 0.392. The molecule has 0 aliphatic carbocycles. The highest BCUT2D eigenvalue weighted by atomic mass is 32.2. The molecule has 0 rings (SSSR count). The van der Waals surface area contributed by atoms with Gasteiger partial charge in [-0.05, 0) is 19.6 Å². The number of nitrogens with zero attached hydrogens (tertiary/aromatic N) is 2. The largest absolute Gasteiger partial charge is 0.361 e. The Morgan fingerprint density at radius 2 is 1.90 bits per heavy atom. The number of nitrogens with one attached hydrogen (secondary N) is 1. The van der Waals surface area contributed by atoms with Crippen LogP contribution in [0.5, 0.6) is 0 Å². The normalized spacial score (nSPS) is 13.2. The van der Waals surface area contributed by atoms with Gasteiger partial charge in [0.25, 0.3) is 0 Å². The Morgan fingerprint density at radius 1 is 1.29 bits per heavy atom. The van der Waals surface area contributed by atoms with E-state index in [0.717, 1.165) is 18.0 Å². The van der Waals surface area contributed by atoms with Crippen LogP contribution < -0.4 is 5.32 Å². The molecular weight excluding hydrogens is 310 g/mol. The summed E-state index contributed by atoms with van der Waals surface area (Å²) >= 11 is 2.52. The Morgan fingerprint density at radius 3 is 2.38 bits per heavy atom. The van der Waals surface area contributed by atoms with E-state index in [1.807, 2.05) is 20.1 Å². The molecule has 0 aromatic carbocycles. The first kappa shape index (κ1) is 19.9. The van der Waals surface area contributed by atoms with Crippen LogP contribution in [0.15, 0.2) is 0 Å². The van der Waals surface area contributed by atoms with E-state index >= 15 is 0 Å². The Balaban J connectivity index is 4.75. The molecule has 2 atom stereocenters. The van der Waals surface area contributed by atoms with E-state index in [9.17, 15) is 14.4 Å². The number of carbonyl (C=O) groups is 3. The number of ketones is 1. The number of amides is 1. The van der Waals surface area contributed by atoms with E-state index < -0.39 is 11.8 Å². The number of hydrogen-bond acceptors (Lipinski definition) is 5. The van der Waals surface area contributed by atoms with Crippen LogP contribution in [0.3, 0.4) is 0 Å². The highest BCUT2D eigenvalue weighted by molar-refractivity contribution is 8.14. The van der Waals surface area contributed by atoms with Crippen LogP contribution in [0.1, 0.15) is 33.6 Å². The van der Waals surface area contributed by atoms with Gasteiger partial charge in [0.2, 0.25) is 16.8 Å². The fourth-order valence-electron chi connectivity index (χ4n) is 1.38. The summed E-state index contributed by atoms with van der Waals surface area (Å²) in [4.78, 5) is 38.0. The summed E-state index contributed by atoms with van der Waals surface area (Å²) in [6.45, 7) is 5.52. The standard InChI is InChI=1S/C13H21N3O3S2/c1-8(2)21-13(19)11(6-5-10(17)7-15-14)16-12(18)9(3)20-4/h7-9,11H,5-6H2,1-4H3,(H,16,18)/t9-,11-/m0/s1. The topological polar surface area (TPSA) is 99.6 Å². The maximum atomic E-state index is 12.1. The summed E-state index contributed by atoms with van der Waals surface area (Å²) in [5, 5.41) is 2.35. The SMILES string of the molecule is CS[C@@H](C)C(=O)N[C@@H](CCC(=O)C=[N+]=[N-])C(=O)SC(C)C. The summed E-state index contributed by atoms with van der Waals surface area (Å²) in [5.41, 5.74) is 8.29. The van der Waals surface area contributed by atoms with Crippen LogP contribution in [-0.2, 0) is 14.4 Å². The summed E-state index contributed by atoms with van der Waals surface area (Å²) in [6.07, 6.45) is 2.83. The molecule has 0 unspecified atom stereocenters. The Kier molecular flexibility index (Phi) is 10.0. The van der Waals surface area contributed by atoms with Crippen molar-refractivity contribution >= 4 is 46.5 Å². The minimum absolute atomic E-state index is 0.0348. The van der Waals surface area contributed by atoms with Crippen LogP contribution in [-0.4, -0.2) is 50.6 Å². The molecule has 1 amide bonds. The van der Waals surface area contributed by atoms with Gasteiger partial charge in [0.05, 0.1) is 11.3 Å². The highest BCUT2D eigenvalue weighted by Crippen LogP contribution is 2.16. The van der Waals surface area contributed by atoms with Crippen LogP contribution in [0.25, 0.3) is 5.53 Å². The zero-order chi connectivity index (χ0) is 16.4. The van der Waals surface area contributed by atoms with E-state index in [2.05, 4.69) is 10.1 Å². The third-order valence-corrected chi connectivity index (χ3v) is 4.47. The van der Waals surface area contributed by atoms with Gasteiger partial charge in [-0.25, -0.2) is 0 Å². The van der Waals surface area contributed by atoms with Crippen molar-refractivity contribution in [2.24, 2.45) is 0 Å². The Hall–Kier alpha value is -1.11. The minimum atomic E-state index is -0.712. The van der Waals surface area contributed by atoms with Gasteiger partial charge < -0.3 is 10.8 Å². The van der Waals surface area contributed by atoms with Gasteiger partial charge in [0, 0.05) is 11.7 Å². The first-order valence-corrected chi connectivity index (χ1v) is 8.72. The zero-order valence-corrected chi connectivity index (χ0v) is 14.3. The summed E-state index contributed by atoms with van der Waals surface area (Å²) < 4.78 is 0. The fraction of sp³-hybridized carbons (Fsp3) is 0.692. The maximum absolute atomic E-state index is 12.1. The molecule has 8 heteroatoms. The molecule has 0 aromatic rings. The van der Waals surface area contributed by atoms with Crippen LogP contribution >= 0.6 is 23.5 Å². The average Bonchev–Trinajstić information content (AvgIpc) is 2.41. The molecule has 0 aromatic heterocycles. The van der Waals surface area contributed by atoms with Crippen LogP contribution in [0.2, 0.25) is 0 Å². The van der Waals surface area contributed by atoms with Crippen molar-refractivity contribution in [3.8, 4) is 0 Å². The fourth-order valence-corrected chi connectivity index (χ4v) is 2.46. The number of carbonyl (C=O) groups excluding carboxylic acids is 3. The van der Waals surface area contributed by atoms with Crippen molar-refractivity contribution in [3.05, 3.63) is 5.53 Å². The first-order valence-electron chi connectivity index (χ1n) is 6.55. The summed E-state index contributed by atoms with van der Waals surface area (Å²) in [5.74, 6) is -0.620. The molecule has 0 fully saturated rings. The molecule has 1 N–H and O–H groups in total. The molecule has 0 aliphatic rings. The molecule has 0 heterocycles. The van der Waals surface area contributed by atoms with Crippen LogP contribution in [0, 0.1) is 0 Å². The molecule has 0 saturated carbocycles. The lowest BCUT2D eigenvalue weighted by Gasteiger charge is -2.19. The summed E-state index contributed by atoms with van der Waals surface area (Å²) in [7, 11) is 0. The predicted molar refractivity (Wildman–Crippen MR) is 86.6 cm³/mol. The highest BCUT2D eigenvalue weighted by Gasteiger charge is 2.25. The van der Waals surface area contributed by atoms with Crippen molar-refractivity contribution in [3.63, 3.8) is 0 Å². The van der Waals surface area contributed by atoms with Crippen molar-refractivity contribution in [2.45, 2.75) is 50.2 Å². The average molecular weight is 331 g/mol. The van der Waals surface area contributed by atoms with E-state index in [1.165, 1.54) is 11.8 Å². The monoisotopic (exact) mass is 331 g/mol. The van der Waals surface area contributed by atoms with E-state index in [-0.39, 0.29) is 34.4 Å². The van der Waals surface area contributed by atoms with Gasteiger partial charge in [-0.3, -0.25) is 14.4 Å². The van der Waals surface area contributed by atoms with Gasteiger partial charge in [-0.15, -0.1) is 0 Å². The van der Waals surface area contributed by atoms with Crippen LogP contribution in [0.4, 0.5) is 0 Å². The van der Waals surface area contributed by atoms with Crippen molar-refractivity contribution < 1.29 is 19.2 Å². The number of rotatable bonds is 9. The molecular formula is C13H21N3O3S2. The van der Waals surface area contributed by atoms with Crippen molar-refractivity contribution in [2.75, 3.05) is 6.26 Å². The molecule has 0 aliphatic heterocycles. The predicted octanol–water partition coefficient (Wildman–Crippen LogP) is 1.54. The van der Waals surface area contributed by atoms with Gasteiger partial charge in [-0.2, -0.15) is 16.6 Å². The number of Topliss-reactive ketones (excluding diaryl/α,β-unsaturated/α-hetero) is 1. The molecule has 0 radical (unpaired) electrons. The lowest BCUT2D eigenvalue weighted by molar-refractivity contribution is -0.124. The second-order valence-electron chi connectivity index (χ2n) is 4.67. The van der Waals surface area contributed by atoms with Crippen molar-refractivity contribution in [1.82, 2.24) is 5.32 Å². The molecule has 0 saturated heterocycles. The Labute approximate surface area is 133 Å². The van der Waals surface area contributed by atoms with E-state index in [1.54, 1.807) is 6.92 Å². The lowest BCUT2D eigenvalue weighted by Crippen LogP contribution is -2.43. The lowest BCUT2D eigenvalue weighted by atomic mass is 10.1. The Bertz CT molecular complexity index is 434. The van der Waals surface area contributed by atoms with Crippen molar-refractivity contribution in [1.29, 1.82) is 0 Å². The molecule has 0 bridgehead atoms. The zero-order valence-electron chi connectivity index (χ0n) is 12.7. The maximum Gasteiger partial charge on any atom is 0.323 e. The minimum Gasteiger partial charge on any atom is -0.361 e. The summed E-state index contributed by atoms with van der Waals surface area (Å²) in [6, 6.07) is -0.712. The number of hydrogen-bond donors (Lipinski definition) is 1. The third kappa shape index (κ3) is 8.70.